The van der Waals surface area contributed by atoms with E-state index in [2.05, 4.69) is 16.8 Å². The highest BCUT2D eigenvalue weighted by atomic mass is 16.5. The Morgan fingerprint density at radius 3 is 2.74 bits per heavy atom. The van der Waals surface area contributed by atoms with E-state index in [1.807, 2.05) is 26.8 Å². The molecule has 0 spiro atoms. The summed E-state index contributed by atoms with van der Waals surface area (Å²) in [5, 5.41) is 8.65. The van der Waals surface area contributed by atoms with Crippen molar-refractivity contribution in [2.75, 3.05) is 19.8 Å². The fourth-order valence-corrected chi connectivity index (χ4v) is 1.29. The van der Waals surface area contributed by atoms with E-state index < -0.39 is 0 Å². The number of pyridine rings is 1. The second kappa shape index (κ2) is 7.78. The van der Waals surface area contributed by atoms with Crippen LogP contribution in [0, 0.1) is 11.8 Å². The third-order valence-electron chi connectivity index (χ3n) is 2.07. The second-order valence-electron chi connectivity index (χ2n) is 4.99. The topological polar surface area (TPSA) is 51.6 Å². The smallest absolute Gasteiger partial charge is 0.138 e. The van der Waals surface area contributed by atoms with Gasteiger partial charge < -0.3 is 14.6 Å². The molecule has 1 aromatic heterocycles. The van der Waals surface area contributed by atoms with E-state index >= 15 is 0 Å². The van der Waals surface area contributed by atoms with Gasteiger partial charge >= 0.3 is 0 Å². The monoisotopic (exact) mass is 263 g/mol. The molecule has 0 aliphatic rings. The molecule has 0 amide bonds. The molecule has 1 rings (SSSR count). The number of aromatic nitrogens is 1. The van der Waals surface area contributed by atoms with Crippen LogP contribution in [0.15, 0.2) is 18.5 Å². The molecule has 19 heavy (non-hydrogen) atoms. The Morgan fingerprint density at radius 1 is 1.26 bits per heavy atom. The lowest BCUT2D eigenvalue weighted by molar-refractivity contribution is -0.0163. The van der Waals surface area contributed by atoms with Crippen LogP contribution >= 0.6 is 0 Å². The number of hydrogen-bond donors (Lipinski definition) is 1. The average Bonchev–Trinajstić information content (AvgIpc) is 2.35. The summed E-state index contributed by atoms with van der Waals surface area (Å²) in [6.45, 7) is 7.10. The number of nitrogens with zero attached hydrogens (tertiary/aromatic N) is 1. The lowest BCUT2D eigenvalue weighted by Crippen LogP contribution is -2.22. The van der Waals surface area contributed by atoms with Crippen molar-refractivity contribution < 1.29 is 14.6 Å². The van der Waals surface area contributed by atoms with Gasteiger partial charge in [0, 0.05) is 18.2 Å². The van der Waals surface area contributed by atoms with Crippen LogP contribution in [0.5, 0.6) is 5.75 Å². The molecule has 1 aromatic rings. The summed E-state index contributed by atoms with van der Waals surface area (Å²) in [6.07, 6.45) is 3.78. The Balaban J connectivity index is 2.43. The van der Waals surface area contributed by atoms with Gasteiger partial charge in [-0.15, -0.1) is 0 Å². The second-order valence-corrected chi connectivity index (χ2v) is 4.99. The van der Waals surface area contributed by atoms with Gasteiger partial charge in [0.05, 0.1) is 25.0 Å². The molecule has 0 bridgehead atoms. The SMILES string of the molecule is CC(C)(C)OCCOc1cncc(C#CCCO)c1. The highest BCUT2D eigenvalue weighted by Crippen LogP contribution is 2.11. The van der Waals surface area contributed by atoms with E-state index in [-0.39, 0.29) is 12.2 Å². The Hall–Kier alpha value is -1.57. The van der Waals surface area contributed by atoms with Gasteiger partial charge in [-0.2, -0.15) is 0 Å². The Kier molecular flexibility index (Phi) is 6.34. The van der Waals surface area contributed by atoms with Crippen LogP contribution in [0.2, 0.25) is 0 Å². The summed E-state index contributed by atoms with van der Waals surface area (Å²) in [7, 11) is 0. The normalized spacial score (nSPS) is 10.7. The molecule has 0 saturated heterocycles. The highest BCUT2D eigenvalue weighted by Gasteiger charge is 2.09. The summed E-state index contributed by atoms with van der Waals surface area (Å²) in [5.74, 6) is 6.44. The van der Waals surface area contributed by atoms with Gasteiger partial charge in [-0.05, 0) is 26.8 Å². The Labute approximate surface area is 114 Å². The molecule has 0 radical (unpaired) electrons. The van der Waals surface area contributed by atoms with E-state index in [0.717, 1.165) is 5.56 Å². The standard InChI is InChI=1S/C15H21NO3/c1-15(2,3)19-9-8-18-14-10-13(11-16-12-14)6-4-5-7-17/h10-12,17H,5,7-9H2,1-3H3. The molecule has 0 fully saturated rings. The molecule has 0 atom stereocenters. The zero-order chi connectivity index (χ0) is 14.1. The van der Waals surface area contributed by atoms with Gasteiger partial charge in [0.25, 0.3) is 0 Å². The largest absolute Gasteiger partial charge is 0.490 e. The molecule has 0 aromatic carbocycles. The summed E-state index contributed by atoms with van der Waals surface area (Å²) in [6, 6.07) is 1.83. The van der Waals surface area contributed by atoms with Crippen molar-refractivity contribution in [3.63, 3.8) is 0 Å². The van der Waals surface area contributed by atoms with E-state index in [9.17, 15) is 0 Å². The molecular weight excluding hydrogens is 242 g/mol. The van der Waals surface area contributed by atoms with Gasteiger partial charge in [-0.3, -0.25) is 4.98 Å². The molecule has 4 nitrogen and oxygen atoms in total. The average molecular weight is 263 g/mol. The van der Waals surface area contributed by atoms with E-state index in [4.69, 9.17) is 14.6 Å². The van der Waals surface area contributed by atoms with E-state index in [1.54, 1.807) is 12.4 Å². The van der Waals surface area contributed by atoms with Crippen LogP contribution in [0.25, 0.3) is 0 Å². The van der Waals surface area contributed by atoms with Crippen molar-refractivity contribution in [2.24, 2.45) is 0 Å². The van der Waals surface area contributed by atoms with Gasteiger partial charge in [-0.25, -0.2) is 0 Å². The predicted molar refractivity (Wildman–Crippen MR) is 74.0 cm³/mol. The minimum atomic E-state index is -0.154. The van der Waals surface area contributed by atoms with Crippen molar-refractivity contribution in [3.8, 4) is 17.6 Å². The van der Waals surface area contributed by atoms with Crippen molar-refractivity contribution in [1.29, 1.82) is 0 Å². The molecular formula is C15H21NO3. The highest BCUT2D eigenvalue weighted by molar-refractivity contribution is 5.36. The summed E-state index contributed by atoms with van der Waals surface area (Å²) >= 11 is 0. The van der Waals surface area contributed by atoms with Crippen LogP contribution in [0.1, 0.15) is 32.8 Å². The quantitative estimate of drug-likeness (QED) is 0.652. The van der Waals surface area contributed by atoms with Crippen molar-refractivity contribution >= 4 is 0 Å². The third kappa shape index (κ3) is 7.45. The molecule has 1 N–H and O–H groups in total. The number of aliphatic hydroxyl groups excluding tert-OH is 1. The number of hydrogen-bond acceptors (Lipinski definition) is 4. The van der Waals surface area contributed by atoms with Crippen LogP contribution in [-0.2, 0) is 4.74 Å². The first-order chi connectivity index (χ1) is 9.01. The molecule has 4 heteroatoms. The van der Waals surface area contributed by atoms with Crippen LogP contribution in [0.4, 0.5) is 0 Å². The zero-order valence-corrected chi connectivity index (χ0v) is 11.8. The third-order valence-corrected chi connectivity index (χ3v) is 2.07. The first-order valence-corrected chi connectivity index (χ1v) is 6.33. The lowest BCUT2D eigenvalue weighted by Gasteiger charge is -2.19. The minimum Gasteiger partial charge on any atom is -0.490 e. The van der Waals surface area contributed by atoms with Crippen molar-refractivity contribution in [1.82, 2.24) is 4.98 Å². The first-order valence-electron chi connectivity index (χ1n) is 6.33. The summed E-state index contributed by atoms with van der Waals surface area (Å²) < 4.78 is 11.1. The van der Waals surface area contributed by atoms with Crippen LogP contribution in [-0.4, -0.2) is 35.5 Å². The minimum absolute atomic E-state index is 0.0702. The Morgan fingerprint density at radius 2 is 2.05 bits per heavy atom. The van der Waals surface area contributed by atoms with Crippen molar-refractivity contribution in [2.45, 2.75) is 32.8 Å². The van der Waals surface area contributed by atoms with E-state index in [0.29, 0.717) is 25.4 Å². The van der Waals surface area contributed by atoms with Crippen LogP contribution in [0.3, 0.4) is 0 Å². The maximum Gasteiger partial charge on any atom is 0.138 e. The molecule has 0 unspecified atom stereocenters. The number of aliphatic hydroxyl groups is 1. The summed E-state index contributed by atoms with van der Waals surface area (Å²) in [5.41, 5.74) is 0.627. The van der Waals surface area contributed by atoms with Gasteiger partial charge in [0.2, 0.25) is 0 Å². The first kappa shape index (κ1) is 15.5. The maximum absolute atomic E-state index is 8.65. The van der Waals surface area contributed by atoms with Gasteiger partial charge in [-0.1, -0.05) is 11.8 Å². The maximum atomic E-state index is 8.65. The molecule has 1 heterocycles. The Bertz CT molecular complexity index is 441. The molecule has 0 aliphatic carbocycles. The fraction of sp³-hybridized carbons (Fsp3) is 0.533. The fourth-order valence-electron chi connectivity index (χ4n) is 1.29. The number of rotatable bonds is 5. The van der Waals surface area contributed by atoms with E-state index in [1.165, 1.54) is 0 Å². The lowest BCUT2D eigenvalue weighted by atomic mass is 10.2. The molecule has 0 aliphatic heterocycles. The summed E-state index contributed by atoms with van der Waals surface area (Å²) in [4.78, 5) is 4.06. The van der Waals surface area contributed by atoms with Crippen molar-refractivity contribution in [3.05, 3.63) is 24.0 Å². The van der Waals surface area contributed by atoms with Crippen LogP contribution < -0.4 is 4.74 Å². The number of ether oxygens (including phenoxy) is 2. The van der Waals surface area contributed by atoms with Gasteiger partial charge in [0.1, 0.15) is 12.4 Å². The predicted octanol–water partition coefficient (Wildman–Crippen LogP) is 2.01. The molecule has 104 valence electrons. The molecule has 0 saturated carbocycles. The zero-order valence-electron chi connectivity index (χ0n) is 11.8. The van der Waals surface area contributed by atoms with Gasteiger partial charge in [0.15, 0.2) is 0 Å².